The van der Waals surface area contributed by atoms with E-state index in [1.807, 2.05) is 20.8 Å². The van der Waals surface area contributed by atoms with Gasteiger partial charge in [0, 0.05) is 19.7 Å². The first kappa shape index (κ1) is 19.2. The van der Waals surface area contributed by atoms with E-state index in [1.165, 1.54) is 0 Å². The number of nitrogens with zero attached hydrogens (tertiary/aromatic N) is 1. The fraction of sp³-hybridized carbons (Fsp3) is 0.938. The van der Waals surface area contributed by atoms with Crippen LogP contribution in [0.2, 0.25) is 0 Å². The standard InChI is InChI=1S/C16H33N3O3/c1-16(2,3)22-15(20)19-11-6-14(7-12-19)21-13-5-10-18-9-4-8-17/h14,18H,4-13,17H2,1-3H3. The Morgan fingerprint density at radius 2 is 1.86 bits per heavy atom. The Morgan fingerprint density at radius 1 is 1.23 bits per heavy atom. The van der Waals surface area contributed by atoms with Gasteiger partial charge in [0.05, 0.1) is 6.10 Å². The number of amides is 1. The summed E-state index contributed by atoms with van der Waals surface area (Å²) < 4.78 is 11.3. The predicted octanol–water partition coefficient (Wildman–Crippen LogP) is 1.73. The summed E-state index contributed by atoms with van der Waals surface area (Å²) in [5.74, 6) is 0. The third-order valence-electron chi connectivity index (χ3n) is 3.50. The zero-order valence-corrected chi connectivity index (χ0v) is 14.4. The van der Waals surface area contributed by atoms with Gasteiger partial charge in [-0.2, -0.15) is 0 Å². The van der Waals surface area contributed by atoms with Crippen LogP contribution in [0.4, 0.5) is 4.79 Å². The highest BCUT2D eigenvalue weighted by Gasteiger charge is 2.26. The summed E-state index contributed by atoms with van der Waals surface area (Å²) in [5.41, 5.74) is 5.00. The van der Waals surface area contributed by atoms with Crippen LogP contribution in [0.15, 0.2) is 0 Å². The molecule has 0 atom stereocenters. The van der Waals surface area contributed by atoms with Gasteiger partial charge in [0.2, 0.25) is 0 Å². The topological polar surface area (TPSA) is 76.8 Å². The fourth-order valence-electron chi connectivity index (χ4n) is 2.33. The molecule has 6 nitrogen and oxygen atoms in total. The average molecular weight is 315 g/mol. The third kappa shape index (κ3) is 8.56. The molecule has 0 aromatic heterocycles. The van der Waals surface area contributed by atoms with Crippen LogP contribution in [0.3, 0.4) is 0 Å². The van der Waals surface area contributed by atoms with Crippen molar-refractivity contribution in [2.75, 3.05) is 39.3 Å². The number of rotatable bonds is 8. The Balaban J connectivity index is 2.06. The predicted molar refractivity (Wildman–Crippen MR) is 87.9 cm³/mol. The number of hydrogen-bond donors (Lipinski definition) is 2. The van der Waals surface area contributed by atoms with Crippen molar-refractivity contribution < 1.29 is 14.3 Å². The third-order valence-corrected chi connectivity index (χ3v) is 3.50. The number of nitrogens with two attached hydrogens (primary N) is 1. The van der Waals surface area contributed by atoms with E-state index in [9.17, 15) is 4.79 Å². The van der Waals surface area contributed by atoms with E-state index in [-0.39, 0.29) is 12.2 Å². The van der Waals surface area contributed by atoms with Crippen LogP contribution in [0.1, 0.15) is 46.5 Å². The normalized spacial score (nSPS) is 16.8. The van der Waals surface area contributed by atoms with Crippen LogP contribution >= 0.6 is 0 Å². The lowest BCUT2D eigenvalue weighted by Gasteiger charge is -2.33. The van der Waals surface area contributed by atoms with Crippen LogP contribution in [0.5, 0.6) is 0 Å². The molecule has 1 rings (SSSR count). The van der Waals surface area contributed by atoms with Gasteiger partial charge in [-0.05, 0) is 66.1 Å². The Morgan fingerprint density at radius 3 is 2.45 bits per heavy atom. The molecule has 22 heavy (non-hydrogen) atoms. The molecule has 0 bridgehead atoms. The molecule has 0 aliphatic carbocycles. The number of ether oxygens (including phenoxy) is 2. The first-order valence-electron chi connectivity index (χ1n) is 8.42. The molecule has 0 aromatic rings. The molecule has 0 saturated carbocycles. The van der Waals surface area contributed by atoms with Gasteiger partial charge in [0.25, 0.3) is 0 Å². The molecular weight excluding hydrogens is 282 g/mol. The van der Waals surface area contributed by atoms with E-state index in [2.05, 4.69) is 5.32 Å². The largest absolute Gasteiger partial charge is 0.444 e. The van der Waals surface area contributed by atoms with Crippen molar-refractivity contribution in [2.45, 2.75) is 58.2 Å². The van der Waals surface area contributed by atoms with Crippen molar-refractivity contribution in [3.63, 3.8) is 0 Å². The summed E-state index contributed by atoms with van der Waals surface area (Å²) in [7, 11) is 0. The lowest BCUT2D eigenvalue weighted by Crippen LogP contribution is -2.43. The van der Waals surface area contributed by atoms with Crippen molar-refractivity contribution in [3.05, 3.63) is 0 Å². The molecule has 130 valence electrons. The molecule has 1 amide bonds. The van der Waals surface area contributed by atoms with Gasteiger partial charge < -0.3 is 25.4 Å². The molecule has 0 radical (unpaired) electrons. The molecule has 1 heterocycles. The second-order valence-corrected chi connectivity index (χ2v) is 6.78. The van der Waals surface area contributed by atoms with Gasteiger partial charge in [0.15, 0.2) is 0 Å². The number of carbonyl (C=O) groups excluding carboxylic acids is 1. The summed E-state index contributed by atoms with van der Waals surface area (Å²) in [4.78, 5) is 13.7. The van der Waals surface area contributed by atoms with Crippen LogP contribution in [0, 0.1) is 0 Å². The van der Waals surface area contributed by atoms with Gasteiger partial charge >= 0.3 is 6.09 Å². The first-order chi connectivity index (χ1) is 10.4. The smallest absolute Gasteiger partial charge is 0.410 e. The van der Waals surface area contributed by atoms with E-state index in [4.69, 9.17) is 15.2 Å². The van der Waals surface area contributed by atoms with Crippen LogP contribution in [-0.2, 0) is 9.47 Å². The second-order valence-electron chi connectivity index (χ2n) is 6.78. The SMILES string of the molecule is CC(C)(C)OC(=O)N1CCC(OCCCNCCCN)CC1. The molecule has 0 spiro atoms. The van der Waals surface area contributed by atoms with Crippen molar-refractivity contribution in [1.82, 2.24) is 10.2 Å². The number of likely N-dealkylation sites (tertiary alicyclic amines) is 1. The molecule has 6 heteroatoms. The van der Waals surface area contributed by atoms with E-state index in [1.54, 1.807) is 4.90 Å². The van der Waals surface area contributed by atoms with Crippen LogP contribution in [-0.4, -0.2) is 62.0 Å². The van der Waals surface area contributed by atoms with E-state index in [0.29, 0.717) is 13.1 Å². The Hall–Kier alpha value is -0.850. The molecule has 0 aromatic carbocycles. The summed E-state index contributed by atoms with van der Waals surface area (Å²) >= 11 is 0. The first-order valence-corrected chi connectivity index (χ1v) is 8.42. The number of hydrogen-bond acceptors (Lipinski definition) is 5. The maximum atomic E-state index is 12.0. The quantitative estimate of drug-likeness (QED) is 0.667. The van der Waals surface area contributed by atoms with Gasteiger partial charge in [-0.3, -0.25) is 0 Å². The minimum Gasteiger partial charge on any atom is -0.444 e. The van der Waals surface area contributed by atoms with Gasteiger partial charge in [-0.1, -0.05) is 0 Å². The highest BCUT2D eigenvalue weighted by atomic mass is 16.6. The highest BCUT2D eigenvalue weighted by molar-refractivity contribution is 5.68. The minimum atomic E-state index is -0.429. The molecule has 1 aliphatic rings. The van der Waals surface area contributed by atoms with Gasteiger partial charge in [0.1, 0.15) is 5.60 Å². The fourth-order valence-corrected chi connectivity index (χ4v) is 2.33. The molecule has 1 aliphatic heterocycles. The molecule has 3 N–H and O–H groups in total. The van der Waals surface area contributed by atoms with Crippen LogP contribution in [0.25, 0.3) is 0 Å². The molecule has 0 unspecified atom stereocenters. The maximum absolute atomic E-state index is 12.0. The molecular formula is C16H33N3O3. The minimum absolute atomic E-state index is 0.213. The highest BCUT2D eigenvalue weighted by Crippen LogP contribution is 2.17. The van der Waals surface area contributed by atoms with Crippen molar-refractivity contribution >= 4 is 6.09 Å². The summed E-state index contributed by atoms with van der Waals surface area (Å²) in [5, 5.41) is 3.34. The average Bonchev–Trinajstić information content (AvgIpc) is 2.45. The molecule has 1 fully saturated rings. The zero-order valence-electron chi connectivity index (χ0n) is 14.4. The summed E-state index contributed by atoms with van der Waals surface area (Å²) in [6.07, 6.45) is 3.86. The number of nitrogens with one attached hydrogen (secondary N) is 1. The van der Waals surface area contributed by atoms with Crippen LogP contribution < -0.4 is 11.1 Å². The lowest BCUT2D eigenvalue weighted by atomic mass is 10.1. The van der Waals surface area contributed by atoms with Crippen molar-refractivity contribution in [1.29, 1.82) is 0 Å². The van der Waals surface area contributed by atoms with E-state index in [0.717, 1.165) is 51.9 Å². The Labute approximate surface area is 134 Å². The monoisotopic (exact) mass is 315 g/mol. The van der Waals surface area contributed by atoms with Gasteiger partial charge in [-0.25, -0.2) is 4.79 Å². The van der Waals surface area contributed by atoms with E-state index < -0.39 is 5.60 Å². The lowest BCUT2D eigenvalue weighted by molar-refractivity contribution is -0.0116. The second kappa shape index (κ2) is 10.0. The zero-order chi connectivity index (χ0) is 16.4. The summed E-state index contributed by atoms with van der Waals surface area (Å²) in [6.45, 7) is 10.6. The van der Waals surface area contributed by atoms with Gasteiger partial charge in [-0.15, -0.1) is 0 Å². The maximum Gasteiger partial charge on any atom is 0.410 e. The van der Waals surface area contributed by atoms with E-state index >= 15 is 0 Å². The van der Waals surface area contributed by atoms with Crippen molar-refractivity contribution in [2.24, 2.45) is 5.73 Å². The summed E-state index contributed by atoms with van der Waals surface area (Å²) in [6, 6.07) is 0. The Kier molecular flexibility index (Phi) is 8.75. The number of carbonyl (C=O) groups is 1. The van der Waals surface area contributed by atoms with Crippen molar-refractivity contribution in [3.8, 4) is 0 Å². The Bertz CT molecular complexity index is 310. The molecule has 1 saturated heterocycles. The number of piperidine rings is 1.